The minimum absolute atomic E-state index is 0.119. The first-order chi connectivity index (χ1) is 9.00. The average molecular weight is 282 g/mol. The molecule has 0 amide bonds. The Morgan fingerprint density at radius 3 is 2.74 bits per heavy atom. The highest BCUT2D eigenvalue weighted by atomic mass is 32.1. The van der Waals surface area contributed by atoms with E-state index < -0.39 is 0 Å². The molecule has 1 aliphatic rings. The van der Waals surface area contributed by atoms with Gasteiger partial charge in [-0.1, -0.05) is 20.8 Å². The van der Waals surface area contributed by atoms with Gasteiger partial charge >= 0.3 is 0 Å². The molecule has 0 bridgehead atoms. The predicted molar refractivity (Wildman–Crippen MR) is 80.9 cm³/mol. The second-order valence-corrected chi connectivity index (χ2v) is 7.52. The molecule has 0 aromatic carbocycles. The van der Waals surface area contributed by atoms with Crippen molar-refractivity contribution in [3.8, 4) is 0 Å². The molecule has 0 radical (unpaired) electrons. The van der Waals surface area contributed by atoms with E-state index >= 15 is 0 Å². The summed E-state index contributed by atoms with van der Waals surface area (Å²) in [6.45, 7) is 8.55. The number of nitrogens with one attached hydrogen (secondary N) is 1. The zero-order valence-electron chi connectivity index (χ0n) is 12.6. The maximum Gasteiger partial charge on any atom is 0.0957 e. The summed E-state index contributed by atoms with van der Waals surface area (Å²) in [5, 5.41) is 4.49. The van der Waals surface area contributed by atoms with Crippen molar-refractivity contribution in [1.82, 2.24) is 10.3 Å². The van der Waals surface area contributed by atoms with Crippen LogP contribution in [-0.4, -0.2) is 24.7 Å². The molecule has 1 aromatic rings. The van der Waals surface area contributed by atoms with Crippen molar-refractivity contribution in [3.05, 3.63) is 15.6 Å². The number of hydrogen-bond acceptors (Lipinski definition) is 4. The van der Waals surface area contributed by atoms with E-state index in [1.807, 2.05) is 18.4 Å². The van der Waals surface area contributed by atoms with Crippen molar-refractivity contribution >= 4 is 11.3 Å². The molecule has 4 heteroatoms. The van der Waals surface area contributed by atoms with Crippen LogP contribution in [0, 0.1) is 0 Å². The molecule has 2 rings (SSSR count). The standard InChI is InChI=1S/C15H26N2OS/c1-15(2,3)14-12(10-16-4)19-13(17-14)9-11-7-5-6-8-18-11/h11,16H,5-10H2,1-4H3. The Kier molecular flexibility index (Phi) is 4.98. The zero-order valence-corrected chi connectivity index (χ0v) is 13.4. The minimum Gasteiger partial charge on any atom is -0.378 e. The molecule has 1 N–H and O–H groups in total. The fourth-order valence-electron chi connectivity index (χ4n) is 2.52. The largest absolute Gasteiger partial charge is 0.378 e. The topological polar surface area (TPSA) is 34.1 Å². The van der Waals surface area contributed by atoms with Gasteiger partial charge < -0.3 is 10.1 Å². The van der Waals surface area contributed by atoms with Gasteiger partial charge in [0.15, 0.2) is 0 Å². The highest BCUT2D eigenvalue weighted by Gasteiger charge is 2.24. The third kappa shape index (κ3) is 4.01. The smallest absolute Gasteiger partial charge is 0.0957 e. The van der Waals surface area contributed by atoms with Crippen LogP contribution in [0.15, 0.2) is 0 Å². The van der Waals surface area contributed by atoms with Gasteiger partial charge in [-0.25, -0.2) is 4.98 Å². The number of nitrogens with zero attached hydrogens (tertiary/aromatic N) is 1. The van der Waals surface area contributed by atoms with E-state index in [1.165, 1.54) is 34.8 Å². The van der Waals surface area contributed by atoms with Gasteiger partial charge in [0.1, 0.15) is 0 Å². The van der Waals surface area contributed by atoms with E-state index in [4.69, 9.17) is 9.72 Å². The van der Waals surface area contributed by atoms with Crippen LogP contribution in [0.1, 0.15) is 55.6 Å². The van der Waals surface area contributed by atoms with E-state index in [1.54, 1.807) is 0 Å². The Morgan fingerprint density at radius 2 is 2.16 bits per heavy atom. The fraction of sp³-hybridized carbons (Fsp3) is 0.800. The van der Waals surface area contributed by atoms with E-state index in [-0.39, 0.29) is 5.41 Å². The molecule has 108 valence electrons. The molecule has 0 aliphatic carbocycles. The Bertz CT molecular complexity index is 403. The van der Waals surface area contributed by atoms with Crippen molar-refractivity contribution in [2.75, 3.05) is 13.7 Å². The summed E-state index contributed by atoms with van der Waals surface area (Å²) in [7, 11) is 2.00. The van der Waals surface area contributed by atoms with Crippen molar-refractivity contribution < 1.29 is 4.74 Å². The van der Waals surface area contributed by atoms with Gasteiger partial charge in [-0.15, -0.1) is 11.3 Å². The Labute approximate surface area is 120 Å². The second kappa shape index (κ2) is 6.33. The minimum atomic E-state index is 0.119. The van der Waals surface area contributed by atoms with Gasteiger partial charge in [0.2, 0.25) is 0 Å². The molecule has 1 aliphatic heterocycles. The number of thiazole rings is 1. The summed E-state index contributed by atoms with van der Waals surface area (Å²) in [5.74, 6) is 0. The molecule has 1 fully saturated rings. The summed E-state index contributed by atoms with van der Waals surface area (Å²) in [6, 6.07) is 0. The van der Waals surface area contributed by atoms with Crippen molar-refractivity contribution in [2.45, 2.75) is 64.5 Å². The first-order valence-corrected chi connectivity index (χ1v) is 8.07. The van der Waals surface area contributed by atoms with Crippen molar-refractivity contribution in [2.24, 2.45) is 0 Å². The van der Waals surface area contributed by atoms with Crippen LogP contribution in [0.5, 0.6) is 0 Å². The van der Waals surface area contributed by atoms with Crippen LogP contribution in [0.25, 0.3) is 0 Å². The van der Waals surface area contributed by atoms with E-state index in [9.17, 15) is 0 Å². The number of aromatic nitrogens is 1. The Balaban J connectivity index is 2.12. The fourth-order valence-corrected chi connectivity index (χ4v) is 3.87. The highest BCUT2D eigenvalue weighted by molar-refractivity contribution is 7.11. The molecule has 19 heavy (non-hydrogen) atoms. The van der Waals surface area contributed by atoms with E-state index in [2.05, 4.69) is 26.1 Å². The summed E-state index contributed by atoms with van der Waals surface area (Å²) in [4.78, 5) is 6.27. The molecule has 0 saturated carbocycles. The molecule has 3 nitrogen and oxygen atoms in total. The Morgan fingerprint density at radius 1 is 1.37 bits per heavy atom. The molecule has 1 saturated heterocycles. The first-order valence-electron chi connectivity index (χ1n) is 7.26. The zero-order chi connectivity index (χ0) is 13.9. The highest BCUT2D eigenvalue weighted by Crippen LogP contribution is 2.31. The van der Waals surface area contributed by atoms with Crippen molar-refractivity contribution in [1.29, 1.82) is 0 Å². The lowest BCUT2D eigenvalue weighted by Crippen LogP contribution is -2.21. The van der Waals surface area contributed by atoms with Crippen LogP contribution in [0.2, 0.25) is 0 Å². The SMILES string of the molecule is CNCc1sc(CC2CCCCO2)nc1C(C)(C)C. The Hall–Kier alpha value is -0.450. The average Bonchev–Trinajstić information content (AvgIpc) is 2.74. The van der Waals surface area contributed by atoms with Gasteiger partial charge in [-0.2, -0.15) is 0 Å². The van der Waals surface area contributed by atoms with Gasteiger partial charge in [0.05, 0.1) is 16.8 Å². The van der Waals surface area contributed by atoms with Crippen LogP contribution in [-0.2, 0) is 23.1 Å². The number of hydrogen-bond donors (Lipinski definition) is 1. The summed E-state index contributed by atoms with van der Waals surface area (Å²) < 4.78 is 5.83. The lowest BCUT2D eigenvalue weighted by Gasteiger charge is -2.21. The summed E-state index contributed by atoms with van der Waals surface area (Å²) in [6.07, 6.45) is 5.07. The lowest BCUT2D eigenvalue weighted by atomic mass is 9.91. The molecular weight excluding hydrogens is 256 g/mol. The summed E-state index contributed by atoms with van der Waals surface area (Å²) >= 11 is 1.85. The quantitative estimate of drug-likeness (QED) is 0.920. The third-order valence-electron chi connectivity index (χ3n) is 3.47. The second-order valence-electron chi connectivity index (χ2n) is 6.35. The van der Waals surface area contributed by atoms with Gasteiger partial charge in [0.25, 0.3) is 0 Å². The van der Waals surface area contributed by atoms with E-state index in [0.29, 0.717) is 6.10 Å². The normalized spacial score (nSPS) is 20.7. The summed E-state index contributed by atoms with van der Waals surface area (Å²) in [5.41, 5.74) is 1.37. The number of ether oxygens (including phenoxy) is 1. The molecule has 1 unspecified atom stereocenters. The predicted octanol–water partition coefficient (Wildman–Crippen LogP) is 3.27. The molecule has 2 heterocycles. The van der Waals surface area contributed by atoms with Crippen LogP contribution in [0.4, 0.5) is 0 Å². The van der Waals surface area contributed by atoms with Gasteiger partial charge in [-0.3, -0.25) is 0 Å². The molecule has 1 aromatic heterocycles. The molecule has 0 spiro atoms. The lowest BCUT2D eigenvalue weighted by molar-refractivity contribution is 0.0167. The van der Waals surface area contributed by atoms with E-state index in [0.717, 1.165) is 19.6 Å². The maximum atomic E-state index is 5.83. The maximum absolute atomic E-state index is 5.83. The van der Waals surface area contributed by atoms with Crippen LogP contribution in [0.3, 0.4) is 0 Å². The van der Waals surface area contributed by atoms with Gasteiger partial charge in [-0.05, 0) is 26.3 Å². The van der Waals surface area contributed by atoms with Crippen LogP contribution < -0.4 is 5.32 Å². The number of rotatable bonds is 4. The van der Waals surface area contributed by atoms with Crippen LogP contribution >= 0.6 is 11.3 Å². The molecule has 1 atom stereocenters. The van der Waals surface area contributed by atoms with Crippen molar-refractivity contribution in [3.63, 3.8) is 0 Å². The third-order valence-corrected chi connectivity index (χ3v) is 4.54. The monoisotopic (exact) mass is 282 g/mol. The molecular formula is C15H26N2OS. The van der Waals surface area contributed by atoms with Gasteiger partial charge in [0, 0.05) is 29.9 Å². The first kappa shape index (κ1) is 14.9.